The number of carbonyl (C=O) groups excluding carboxylic acids is 1. The van der Waals surface area contributed by atoms with Gasteiger partial charge in [-0.25, -0.2) is 0 Å². The highest BCUT2D eigenvalue weighted by Crippen LogP contribution is 2.27. The lowest BCUT2D eigenvalue weighted by molar-refractivity contribution is -0.142. The van der Waals surface area contributed by atoms with Crippen LogP contribution in [0.15, 0.2) is 0 Å². The number of aliphatic hydroxyl groups is 1. The molecule has 0 aliphatic heterocycles. The van der Waals surface area contributed by atoms with Crippen molar-refractivity contribution >= 4 is 5.91 Å². The Labute approximate surface area is 139 Å². The van der Waals surface area contributed by atoms with Gasteiger partial charge in [0.2, 0.25) is 5.91 Å². The number of hydrogen-bond acceptors (Lipinski definition) is 3. The highest BCUT2D eigenvalue weighted by Gasteiger charge is 2.30. The molecule has 0 saturated heterocycles. The molecule has 1 aromatic heterocycles. The Bertz CT molecular complexity index is 578. The third kappa shape index (κ3) is 4.96. The Kier molecular flexibility index (Phi) is 5.90. The fourth-order valence-corrected chi connectivity index (χ4v) is 3.26. The molecule has 2 rings (SSSR count). The maximum atomic E-state index is 12.5. The number of amides is 1. The Morgan fingerprint density at radius 2 is 2.00 bits per heavy atom. The summed E-state index contributed by atoms with van der Waals surface area (Å²) in [4.78, 5) is 12.0. The van der Waals surface area contributed by atoms with Crippen LogP contribution in [0.2, 0.25) is 0 Å². The van der Waals surface area contributed by atoms with Crippen molar-refractivity contribution in [1.29, 1.82) is 0 Å². The van der Waals surface area contributed by atoms with Gasteiger partial charge >= 0.3 is 6.18 Å². The fourth-order valence-electron chi connectivity index (χ4n) is 3.26. The van der Waals surface area contributed by atoms with Crippen LogP contribution in [0.3, 0.4) is 0 Å². The van der Waals surface area contributed by atoms with E-state index >= 15 is 0 Å². The minimum atomic E-state index is -4.35. The lowest BCUT2D eigenvalue weighted by atomic mass is 10.0. The van der Waals surface area contributed by atoms with Gasteiger partial charge < -0.3 is 10.4 Å². The standard InChI is InChI=1S/C16H24F3N3O2/c1-10-13(11(2)22(21-10)9-16(17,18)19)7-15(24)20-8-14(23)12-5-3-4-6-12/h12,14,23H,3-9H2,1-2H3,(H,20,24). The van der Waals surface area contributed by atoms with Crippen molar-refractivity contribution in [3.8, 4) is 0 Å². The van der Waals surface area contributed by atoms with Gasteiger partial charge in [-0.3, -0.25) is 9.48 Å². The molecular formula is C16H24F3N3O2. The third-order valence-corrected chi connectivity index (χ3v) is 4.65. The van der Waals surface area contributed by atoms with Gasteiger partial charge in [-0.1, -0.05) is 12.8 Å². The van der Waals surface area contributed by atoms with Gasteiger partial charge in [0.15, 0.2) is 0 Å². The SMILES string of the molecule is Cc1nn(CC(F)(F)F)c(C)c1CC(=O)NCC(O)C1CCCC1. The number of alkyl halides is 3. The normalized spacial score (nSPS) is 17.2. The Morgan fingerprint density at radius 3 is 2.58 bits per heavy atom. The summed E-state index contributed by atoms with van der Waals surface area (Å²) in [6.45, 7) is 2.14. The molecule has 1 fully saturated rings. The van der Waals surface area contributed by atoms with Crippen molar-refractivity contribution < 1.29 is 23.1 Å². The van der Waals surface area contributed by atoms with Gasteiger partial charge in [0.05, 0.1) is 18.2 Å². The van der Waals surface area contributed by atoms with E-state index in [0.717, 1.165) is 30.4 Å². The molecule has 1 unspecified atom stereocenters. The molecular weight excluding hydrogens is 323 g/mol. The predicted molar refractivity (Wildman–Crippen MR) is 82.4 cm³/mol. The number of aliphatic hydroxyl groups excluding tert-OH is 1. The first-order valence-corrected chi connectivity index (χ1v) is 8.22. The summed E-state index contributed by atoms with van der Waals surface area (Å²) in [6.07, 6.45) is -0.801. The summed E-state index contributed by atoms with van der Waals surface area (Å²) in [6, 6.07) is 0. The molecule has 24 heavy (non-hydrogen) atoms. The Balaban J connectivity index is 1.91. The van der Waals surface area contributed by atoms with E-state index in [1.54, 1.807) is 6.92 Å². The largest absolute Gasteiger partial charge is 0.408 e. The quantitative estimate of drug-likeness (QED) is 0.830. The molecule has 0 radical (unpaired) electrons. The zero-order valence-electron chi connectivity index (χ0n) is 14.0. The fraction of sp³-hybridized carbons (Fsp3) is 0.750. The number of nitrogens with one attached hydrogen (secondary N) is 1. The van der Waals surface area contributed by atoms with Gasteiger partial charge in [0.1, 0.15) is 6.54 Å². The number of hydrogen-bond donors (Lipinski definition) is 2. The predicted octanol–water partition coefficient (Wildman–Crippen LogP) is 2.27. The number of aromatic nitrogens is 2. The van der Waals surface area contributed by atoms with Crippen LogP contribution >= 0.6 is 0 Å². The van der Waals surface area contributed by atoms with E-state index in [1.165, 1.54) is 6.92 Å². The van der Waals surface area contributed by atoms with Crippen molar-refractivity contribution in [2.24, 2.45) is 5.92 Å². The molecule has 0 aromatic carbocycles. The molecule has 0 spiro atoms. The highest BCUT2D eigenvalue weighted by molar-refractivity contribution is 5.79. The molecule has 0 bridgehead atoms. The lowest BCUT2D eigenvalue weighted by Gasteiger charge is -2.18. The summed E-state index contributed by atoms with van der Waals surface area (Å²) >= 11 is 0. The highest BCUT2D eigenvalue weighted by atomic mass is 19.4. The van der Waals surface area contributed by atoms with E-state index in [1.807, 2.05) is 0 Å². The van der Waals surface area contributed by atoms with Crippen LogP contribution in [-0.2, 0) is 17.8 Å². The number of aryl methyl sites for hydroxylation is 1. The monoisotopic (exact) mass is 347 g/mol. The average Bonchev–Trinajstić information content (AvgIpc) is 3.08. The Morgan fingerprint density at radius 1 is 1.38 bits per heavy atom. The van der Waals surface area contributed by atoms with E-state index in [9.17, 15) is 23.1 Å². The minimum Gasteiger partial charge on any atom is -0.391 e. The van der Waals surface area contributed by atoms with Crippen LogP contribution in [-0.4, -0.2) is 39.6 Å². The molecule has 1 saturated carbocycles. The van der Waals surface area contributed by atoms with Crippen LogP contribution in [0, 0.1) is 19.8 Å². The first kappa shape index (κ1) is 18.8. The van der Waals surface area contributed by atoms with Gasteiger partial charge in [0.25, 0.3) is 0 Å². The average molecular weight is 347 g/mol. The van der Waals surface area contributed by atoms with Crippen molar-refractivity contribution in [3.63, 3.8) is 0 Å². The zero-order valence-corrected chi connectivity index (χ0v) is 14.0. The molecule has 136 valence electrons. The molecule has 1 heterocycles. The third-order valence-electron chi connectivity index (χ3n) is 4.65. The van der Waals surface area contributed by atoms with Crippen molar-refractivity contribution in [1.82, 2.24) is 15.1 Å². The van der Waals surface area contributed by atoms with Crippen LogP contribution in [0.5, 0.6) is 0 Å². The summed E-state index contributed by atoms with van der Waals surface area (Å²) in [5.41, 5.74) is 1.27. The second-order valence-corrected chi connectivity index (χ2v) is 6.51. The number of nitrogens with zero attached hydrogens (tertiary/aromatic N) is 2. The molecule has 8 heteroatoms. The molecule has 2 N–H and O–H groups in total. The number of rotatable bonds is 6. The number of halogens is 3. The maximum absolute atomic E-state index is 12.5. The van der Waals surface area contributed by atoms with E-state index in [2.05, 4.69) is 10.4 Å². The van der Waals surface area contributed by atoms with E-state index in [0.29, 0.717) is 17.0 Å². The molecule has 1 amide bonds. The van der Waals surface area contributed by atoms with Gasteiger partial charge in [-0.05, 0) is 32.6 Å². The zero-order chi connectivity index (χ0) is 17.9. The lowest BCUT2D eigenvalue weighted by Crippen LogP contribution is -2.36. The van der Waals surface area contributed by atoms with Gasteiger partial charge in [-0.15, -0.1) is 0 Å². The van der Waals surface area contributed by atoms with Gasteiger partial charge in [-0.2, -0.15) is 18.3 Å². The van der Waals surface area contributed by atoms with Crippen molar-refractivity contribution in [2.45, 2.75) is 64.8 Å². The molecule has 1 aromatic rings. The van der Waals surface area contributed by atoms with E-state index in [-0.39, 0.29) is 24.8 Å². The van der Waals surface area contributed by atoms with E-state index < -0.39 is 18.8 Å². The van der Waals surface area contributed by atoms with Crippen LogP contribution < -0.4 is 5.32 Å². The first-order chi connectivity index (χ1) is 11.2. The molecule has 1 aliphatic rings. The summed E-state index contributed by atoms with van der Waals surface area (Å²) in [5.74, 6) is -0.0897. The van der Waals surface area contributed by atoms with Crippen molar-refractivity contribution in [2.75, 3.05) is 6.54 Å². The first-order valence-electron chi connectivity index (χ1n) is 8.22. The second kappa shape index (κ2) is 7.55. The smallest absolute Gasteiger partial charge is 0.391 e. The summed E-state index contributed by atoms with van der Waals surface area (Å²) < 4.78 is 38.4. The minimum absolute atomic E-state index is 0.0348. The van der Waals surface area contributed by atoms with Crippen LogP contribution in [0.1, 0.15) is 42.6 Å². The summed E-state index contributed by atoms with van der Waals surface area (Å²) in [7, 11) is 0. The molecule has 5 nitrogen and oxygen atoms in total. The van der Waals surface area contributed by atoms with E-state index in [4.69, 9.17) is 0 Å². The maximum Gasteiger partial charge on any atom is 0.408 e. The topological polar surface area (TPSA) is 67.2 Å². The van der Waals surface area contributed by atoms with Crippen molar-refractivity contribution in [3.05, 3.63) is 17.0 Å². The molecule has 1 aliphatic carbocycles. The van der Waals surface area contributed by atoms with Crippen LogP contribution in [0.4, 0.5) is 13.2 Å². The number of carbonyl (C=O) groups is 1. The second-order valence-electron chi connectivity index (χ2n) is 6.51. The molecule has 1 atom stereocenters. The van der Waals surface area contributed by atoms with Gasteiger partial charge in [0, 0.05) is 17.8 Å². The Hall–Kier alpha value is -1.57. The van der Waals surface area contributed by atoms with Crippen LogP contribution in [0.25, 0.3) is 0 Å². The summed E-state index contributed by atoms with van der Waals surface area (Å²) in [5, 5.41) is 16.6.